The van der Waals surface area contributed by atoms with E-state index in [-0.39, 0.29) is 12.5 Å². The zero-order chi connectivity index (χ0) is 14.1. The van der Waals surface area contributed by atoms with Gasteiger partial charge in [0.05, 0.1) is 12.8 Å². The largest absolute Gasteiger partial charge is 0.497 e. The zero-order valence-electron chi connectivity index (χ0n) is 11.4. The summed E-state index contributed by atoms with van der Waals surface area (Å²) in [6.07, 6.45) is 0. The molecule has 2 aromatic rings. The van der Waals surface area contributed by atoms with Crippen molar-refractivity contribution in [2.45, 2.75) is 0 Å². The van der Waals surface area contributed by atoms with Gasteiger partial charge in [0.1, 0.15) is 11.5 Å². The number of nitrogens with zero attached hydrogens (tertiary/aromatic N) is 1. The summed E-state index contributed by atoms with van der Waals surface area (Å²) in [5.74, 6) is 1.51. The van der Waals surface area contributed by atoms with E-state index in [9.17, 15) is 4.79 Å². The van der Waals surface area contributed by atoms with E-state index in [2.05, 4.69) is 0 Å². The molecule has 0 spiro atoms. The molecule has 1 amide bonds. The fourth-order valence-corrected chi connectivity index (χ4v) is 2.26. The number of amides is 1. The third kappa shape index (κ3) is 2.09. The Bertz CT molecular complexity index is 667. The van der Waals surface area contributed by atoms with Crippen molar-refractivity contribution in [3.63, 3.8) is 0 Å². The quantitative estimate of drug-likeness (QED) is 0.841. The van der Waals surface area contributed by atoms with Crippen LogP contribution in [0.5, 0.6) is 11.5 Å². The van der Waals surface area contributed by atoms with Crippen LogP contribution >= 0.6 is 0 Å². The molecule has 0 bridgehead atoms. The van der Waals surface area contributed by atoms with Gasteiger partial charge in [-0.25, -0.2) is 0 Å². The number of carbonyl (C=O) groups excluding carboxylic acids is 1. The maximum atomic E-state index is 11.6. The first-order chi connectivity index (χ1) is 9.69. The van der Waals surface area contributed by atoms with Crippen LogP contribution in [0.1, 0.15) is 0 Å². The highest BCUT2D eigenvalue weighted by molar-refractivity contribution is 5.97. The molecule has 0 unspecified atom stereocenters. The van der Waals surface area contributed by atoms with Gasteiger partial charge >= 0.3 is 0 Å². The summed E-state index contributed by atoms with van der Waals surface area (Å²) < 4.78 is 10.7. The fraction of sp³-hybridized carbons (Fsp3) is 0.188. The van der Waals surface area contributed by atoms with Gasteiger partial charge in [-0.2, -0.15) is 0 Å². The molecule has 0 N–H and O–H groups in total. The summed E-state index contributed by atoms with van der Waals surface area (Å²) in [4.78, 5) is 13.2. The SMILES string of the molecule is COc1cccc(-c2ccc3c(c2)OCC(=O)N3C)c1. The van der Waals surface area contributed by atoms with Crippen molar-refractivity contribution in [3.8, 4) is 22.6 Å². The van der Waals surface area contributed by atoms with Gasteiger partial charge in [0, 0.05) is 7.05 Å². The fourth-order valence-electron chi connectivity index (χ4n) is 2.26. The first-order valence-electron chi connectivity index (χ1n) is 6.37. The van der Waals surface area contributed by atoms with E-state index >= 15 is 0 Å². The number of anilines is 1. The number of rotatable bonds is 2. The highest BCUT2D eigenvalue weighted by Crippen LogP contribution is 2.35. The van der Waals surface area contributed by atoms with E-state index in [1.807, 2.05) is 42.5 Å². The second-order valence-electron chi connectivity index (χ2n) is 4.66. The van der Waals surface area contributed by atoms with Crippen molar-refractivity contribution in [1.82, 2.24) is 0 Å². The van der Waals surface area contributed by atoms with Crippen LogP contribution in [0.3, 0.4) is 0 Å². The summed E-state index contributed by atoms with van der Waals surface area (Å²) in [5, 5.41) is 0. The van der Waals surface area contributed by atoms with Gasteiger partial charge in [0.2, 0.25) is 0 Å². The predicted octanol–water partition coefficient (Wildman–Crippen LogP) is 2.72. The van der Waals surface area contributed by atoms with Gasteiger partial charge < -0.3 is 14.4 Å². The lowest BCUT2D eigenvalue weighted by atomic mass is 10.0. The molecule has 20 heavy (non-hydrogen) atoms. The molecule has 1 aliphatic heterocycles. The van der Waals surface area contributed by atoms with Crippen LogP contribution < -0.4 is 14.4 Å². The molecular weight excluding hydrogens is 254 g/mol. The van der Waals surface area contributed by atoms with Gasteiger partial charge in [-0.3, -0.25) is 4.79 Å². The van der Waals surface area contributed by atoms with E-state index in [0.717, 1.165) is 28.3 Å². The zero-order valence-corrected chi connectivity index (χ0v) is 11.4. The Morgan fingerprint density at radius 3 is 2.75 bits per heavy atom. The molecule has 4 heteroatoms. The average Bonchev–Trinajstić information content (AvgIpc) is 2.51. The van der Waals surface area contributed by atoms with Crippen LogP contribution in [0, 0.1) is 0 Å². The minimum absolute atomic E-state index is 0.0355. The van der Waals surface area contributed by atoms with Crippen LogP contribution in [-0.2, 0) is 4.79 Å². The normalized spacial score (nSPS) is 13.7. The third-order valence-corrected chi connectivity index (χ3v) is 3.45. The van der Waals surface area contributed by atoms with Gasteiger partial charge in [-0.05, 0) is 35.4 Å². The molecule has 102 valence electrons. The molecule has 3 rings (SSSR count). The highest BCUT2D eigenvalue weighted by Gasteiger charge is 2.22. The molecule has 0 fully saturated rings. The Balaban J connectivity index is 2.02. The Hall–Kier alpha value is -2.49. The Morgan fingerprint density at radius 1 is 1.15 bits per heavy atom. The number of fused-ring (bicyclic) bond motifs is 1. The molecule has 0 aromatic heterocycles. The topological polar surface area (TPSA) is 38.8 Å². The molecule has 0 saturated heterocycles. The third-order valence-electron chi connectivity index (χ3n) is 3.45. The number of hydrogen-bond donors (Lipinski definition) is 0. The number of benzene rings is 2. The Morgan fingerprint density at radius 2 is 1.95 bits per heavy atom. The lowest BCUT2D eigenvalue weighted by Gasteiger charge is -2.26. The second kappa shape index (κ2) is 4.89. The van der Waals surface area contributed by atoms with Gasteiger partial charge in [0.25, 0.3) is 5.91 Å². The lowest BCUT2D eigenvalue weighted by Crippen LogP contribution is -2.35. The van der Waals surface area contributed by atoms with Crippen molar-refractivity contribution in [2.24, 2.45) is 0 Å². The average molecular weight is 269 g/mol. The number of methoxy groups -OCH3 is 1. The van der Waals surface area contributed by atoms with Crippen molar-refractivity contribution >= 4 is 11.6 Å². The van der Waals surface area contributed by atoms with E-state index in [1.54, 1.807) is 19.1 Å². The summed E-state index contributed by atoms with van der Waals surface area (Å²) in [7, 11) is 3.41. The number of hydrogen-bond acceptors (Lipinski definition) is 3. The predicted molar refractivity (Wildman–Crippen MR) is 77.3 cm³/mol. The smallest absolute Gasteiger partial charge is 0.264 e. The molecular formula is C16H15NO3. The summed E-state index contributed by atoms with van der Waals surface area (Å²) in [5.41, 5.74) is 2.88. The van der Waals surface area contributed by atoms with Gasteiger partial charge in [0.15, 0.2) is 6.61 Å². The van der Waals surface area contributed by atoms with Crippen LogP contribution in [0.15, 0.2) is 42.5 Å². The Labute approximate surface area is 117 Å². The molecule has 0 aliphatic carbocycles. The molecule has 1 heterocycles. The molecule has 1 aliphatic rings. The van der Waals surface area contributed by atoms with Crippen molar-refractivity contribution in [2.75, 3.05) is 25.7 Å². The number of carbonyl (C=O) groups is 1. The van der Waals surface area contributed by atoms with Gasteiger partial charge in [-0.15, -0.1) is 0 Å². The van der Waals surface area contributed by atoms with Crippen LogP contribution in [0.2, 0.25) is 0 Å². The molecule has 0 saturated carbocycles. The standard InChI is InChI=1S/C16H15NO3/c1-17-14-7-6-12(9-15(14)20-10-16(17)18)11-4-3-5-13(8-11)19-2/h3-9H,10H2,1-2H3. The van der Waals surface area contributed by atoms with E-state index in [0.29, 0.717) is 0 Å². The van der Waals surface area contributed by atoms with Crippen molar-refractivity contribution < 1.29 is 14.3 Å². The number of ether oxygens (including phenoxy) is 2. The van der Waals surface area contributed by atoms with Gasteiger partial charge in [-0.1, -0.05) is 18.2 Å². The van der Waals surface area contributed by atoms with Crippen molar-refractivity contribution in [1.29, 1.82) is 0 Å². The molecule has 2 aromatic carbocycles. The summed E-state index contributed by atoms with van der Waals surface area (Å²) in [6, 6.07) is 13.7. The molecule has 0 radical (unpaired) electrons. The summed E-state index contributed by atoms with van der Waals surface area (Å²) >= 11 is 0. The van der Waals surface area contributed by atoms with E-state index in [1.165, 1.54) is 0 Å². The van der Waals surface area contributed by atoms with Crippen LogP contribution in [0.4, 0.5) is 5.69 Å². The van der Waals surface area contributed by atoms with E-state index < -0.39 is 0 Å². The first kappa shape index (κ1) is 12.5. The summed E-state index contributed by atoms with van der Waals surface area (Å²) in [6.45, 7) is 0.0884. The Kier molecular flexibility index (Phi) is 3.06. The minimum Gasteiger partial charge on any atom is -0.497 e. The van der Waals surface area contributed by atoms with Crippen LogP contribution in [-0.4, -0.2) is 26.7 Å². The van der Waals surface area contributed by atoms with Crippen LogP contribution in [0.25, 0.3) is 11.1 Å². The monoisotopic (exact) mass is 269 g/mol. The maximum absolute atomic E-state index is 11.6. The highest BCUT2D eigenvalue weighted by atomic mass is 16.5. The first-order valence-corrected chi connectivity index (χ1v) is 6.37. The maximum Gasteiger partial charge on any atom is 0.264 e. The molecule has 4 nitrogen and oxygen atoms in total. The number of likely N-dealkylation sites (N-methyl/N-ethyl adjacent to an activating group) is 1. The minimum atomic E-state index is -0.0355. The molecule has 0 atom stereocenters. The van der Waals surface area contributed by atoms with E-state index in [4.69, 9.17) is 9.47 Å². The van der Waals surface area contributed by atoms with Crippen molar-refractivity contribution in [3.05, 3.63) is 42.5 Å². The lowest BCUT2D eigenvalue weighted by molar-refractivity contribution is -0.120. The second-order valence-corrected chi connectivity index (χ2v) is 4.66.